The van der Waals surface area contributed by atoms with Gasteiger partial charge in [-0.2, -0.15) is 13.9 Å². The number of para-hydroxylation sites is 1. The standard InChI is InChI=1S/C25H23ClF3N5O3/c1-13-7-18(24-30-12-31-34(24)3)16-5-4-6-21(23(16)32-13)36-10-19-17(8-15(27)9-20(19)26)14(2)33-22(35)11-37-25(28)29/h4-9,12,14,25H,10-11H2,1-3H3,(H,33,35)/t14-/m0/s1/i14D. The minimum atomic E-state index is -3.16. The van der Waals surface area contributed by atoms with Crippen LogP contribution in [-0.4, -0.2) is 38.9 Å². The Morgan fingerprint density at radius 2 is 2.08 bits per heavy atom. The minimum Gasteiger partial charge on any atom is -0.487 e. The van der Waals surface area contributed by atoms with Crippen molar-refractivity contribution in [1.82, 2.24) is 25.1 Å². The van der Waals surface area contributed by atoms with Crippen LogP contribution in [0.5, 0.6) is 5.75 Å². The summed E-state index contributed by atoms with van der Waals surface area (Å²) in [7, 11) is 1.78. The number of hydrogen-bond acceptors (Lipinski definition) is 6. The smallest absolute Gasteiger partial charge is 0.345 e. The van der Waals surface area contributed by atoms with Crippen LogP contribution in [0.15, 0.2) is 42.7 Å². The highest BCUT2D eigenvalue weighted by molar-refractivity contribution is 6.31. The molecule has 0 bridgehead atoms. The first kappa shape index (κ1) is 25.0. The fourth-order valence-corrected chi connectivity index (χ4v) is 4.14. The molecule has 2 aromatic heterocycles. The van der Waals surface area contributed by atoms with E-state index in [4.69, 9.17) is 17.7 Å². The number of benzene rings is 2. The van der Waals surface area contributed by atoms with E-state index in [9.17, 15) is 18.0 Å². The van der Waals surface area contributed by atoms with Gasteiger partial charge in [-0.05, 0) is 43.7 Å². The molecule has 37 heavy (non-hydrogen) atoms. The summed E-state index contributed by atoms with van der Waals surface area (Å²) in [4.78, 5) is 21.0. The van der Waals surface area contributed by atoms with Crippen LogP contribution in [-0.2, 0) is 23.2 Å². The van der Waals surface area contributed by atoms with Crippen molar-refractivity contribution >= 4 is 28.4 Å². The molecule has 0 aliphatic carbocycles. The highest BCUT2D eigenvalue weighted by Crippen LogP contribution is 2.34. The number of aromatic nitrogens is 4. The molecule has 0 spiro atoms. The summed E-state index contributed by atoms with van der Waals surface area (Å²) in [6.45, 7) is -1.25. The number of nitrogens with one attached hydrogen (secondary N) is 1. The summed E-state index contributed by atoms with van der Waals surface area (Å²) in [5.74, 6) is -0.707. The highest BCUT2D eigenvalue weighted by Gasteiger charge is 2.20. The van der Waals surface area contributed by atoms with E-state index in [1.807, 2.05) is 19.1 Å². The molecule has 4 aromatic rings. The molecule has 2 aromatic carbocycles. The Kier molecular flexibility index (Phi) is 7.52. The van der Waals surface area contributed by atoms with Crippen LogP contribution in [0.4, 0.5) is 13.2 Å². The van der Waals surface area contributed by atoms with Gasteiger partial charge in [0, 0.05) is 29.3 Å². The zero-order valence-electron chi connectivity index (χ0n) is 21.1. The summed E-state index contributed by atoms with van der Waals surface area (Å²) in [6, 6.07) is 7.38. The third kappa shape index (κ3) is 6.00. The molecule has 0 radical (unpaired) electrons. The van der Waals surface area contributed by atoms with Crippen LogP contribution in [0, 0.1) is 12.7 Å². The van der Waals surface area contributed by atoms with Gasteiger partial charge in [0.25, 0.3) is 0 Å². The van der Waals surface area contributed by atoms with Crippen molar-refractivity contribution in [3.05, 3.63) is 70.4 Å². The van der Waals surface area contributed by atoms with Gasteiger partial charge in [0.15, 0.2) is 5.82 Å². The molecule has 0 saturated heterocycles. The average Bonchev–Trinajstić information content (AvgIpc) is 3.26. The largest absolute Gasteiger partial charge is 0.487 e. The molecule has 194 valence electrons. The van der Waals surface area contributed by atoms with E-state index in [0.29, 0.717) is 22.8 Å². The Balaban J connectivity index is 1.68. The predicted molar refractivity (Wildman–Crippen MR) is 131 cm³/mol. The van der Waals surface area contributed by atoms with Crippen molar-refractivity contribution in [1.29, 1.82) is 0 Å². The molecule has 1 N–H and O–H groups in total. The predicted octanol–water partition coefficient (Wildman–Crippen LogP) is 5.13. The van der Waals surface area contributed by atoms with E-state index in [2.05, 4.69) is 25.1 Å². The SMILES string of the molecule is [2H][C@@](C)(NC(=O)COC(F)F)c1cc(F)cc(Cl)c1COc1cccc2c(-c3ncnn3C)cc(C)nc12. The van der Waals surface area contributed by atoms with Gasteiger partial charge >= 0.3 is 6.61 Å². The van der Waals surface area contributed by atoms with Crippen LogP contribution in [0.1, 0.15) is 31.1 Å². The van der Waals surface area contributed by atoms with Crippen LogP contribution < -0.4 is 10.1 Å². The van der Waals surface area contributed by atoms with Gasteiger partial charge in [-0.1, -0.05) is 23.7 Å². The number of nitrogens with zero attached hydrogens (tertiary/aromatic N) is 4. The van der Waals surface area contributed by atoms with Crippen LogP contribution in [0.25, 0.3) is 22.3 Å². The number of ether oxygens (including phenoxy) is 2. The van der Waals surface area contributed by atoms with E-state index >= 15 is 0 Å². The summed E-state index contributed by atoms with van der Waals surface area (Å²) >= 11 is 6.33. The number of aryl methyl sites for hydroxylation is 2. The molecule has 4 rings (SSSR count). The molecule has 0 saturated carbocycles. The van der Waals surface area contributed by atoms with Crippen LogP contribution in [0.3, 0.4) is 0 Å². The number of halogens is 4. The Bertz CT molecular complexity index is 1500. The van der Waals surface area contributed by atoms with Gasteiger partial charge < -0.3 is 14.8 Å². The maximum atomic E-state index is 14.3. The lowest BCUT2D eigenvalue weighted by Crippen LogP contribution is -2.31. The van der Waals surface area contributed by atoms with E-state index in [0.717, 1.165) is 23.1 Å². The molecule has 2 heterocycles. The van der Waals surface area contributed by atoms with Gasteiger partial charge in [0.2, 0.25) is 5.91 Å². The Labute approximate surface area is 216 Å². The minimum absolute atomic E-state index is 0.0166. The summed E-state index contributed by atoms with van der Waals surface area (Å²) in [6.07, 6.45) is 1.45. The summed E-state index contributed by atoms with van der Waals surface area (Å²) < 4.78 is 59.2. The van der Waals surface area contributed by atoms with E-state index in [1.54, 1.807) is 23.9 Å². The molecular formula is C25H23ClF3N5O3. The van der Waals surface area contributed by atoms with E-state index < -0.39 is 31.0 Å². The van der Waals surface area contributed by atoms with Crippen molar-refractivity contribution in [2.75, 3.05) is 6.61 Å². The van der Waals surface area contributed by atoms with Crippen molar-refractivity contribution in [3.63, 3.8) is 0 Å². The third-order valence-electron chi connectivity index (χ3n) is 5.49. The first-order valence-corrected chi connectivity index (χ1v) is 11.4. The van der Waals surface area contributed by atoms with E-state index in [-0.39, 0.29) is 22.8 Å². The fourth-order valence-electron chi connectivity index (χ4n) is 3.88. The normalized spacial score (nSPS) is 13.5. The van der Waals surface area contributed by atoms with Crippen molar-refractivity contribution in [2.45, 2.75) is 33.1 Å². The van der Waals surface area contributed by atoms with Crippen molar-refractivity contribution < 1.29 is 28.8 Å². The Morgan fingerprint density at radius 1 is 1.30 bits per heavy atom. The van der Waals surface area contributed by atoms with Crippen molar-refractivity contribution in [2.24, 2.45) is 7.05 Å². The average molecular weight is 535 g/mol. The number of amides is 1. The molecule has 8 nitrogen and oxygen atoms in total. The number of rotatable bonds is 9. The zero-order valence-corrected chi connectivity index (χ0v) is 20.8. The van der Waals surface area contributed by atoms with Crippen molar-refractivity contribution in [3.8, 4) is 17.1 Å². The lowest BCUT2D eigenvalue weighted by molar-refractivity contribution is -0.152. The van der Waals surface area contributed by atoms with Gasteiger partial charge in [-0.3, -0.25) is 4.79 Å². The molecule has 1 atom stereocenters. The zero-order chi connectivity index (χ0) is 27.6. The Morgan fingerprint density at radius 3 is 2.78 bits per heavy atom. The Hall–Kier alpha value is -3.70. The van der Waals surface area contributed by atoms with Gasteiger partial charge in [0.05, 0.1) is 12.4 Å². The molecule has 0 fully saturated rings. The number of carbonyl (C=O) groups is 1. The summed E-state index contributed by atoms with van der Waals surface area (Å²) in [5.41, 5.74) is 2.25. The lowest BCUT2D eigenvalue weighted by atomic mass is 10.0. The second kappa shape index (κ2) is 11.1. The van der Waals surface area contributed by atoms with Gasteiger partial charge in [-0.25, -0.2) is 19.0 Å². The summed E-state index contributed by atoms with van der Waals surface area (Å²) in [5, 5.41) is 7.10. The highest BCUT2D eigenvalue weighted by atomic mass is 35.5. The second-order valence-electron chi connectivity index (χ2n) is 8.12. The molecule has 12 heteroatoms. The maximum Gasteiger partial charge on any atom is 0.345 e. The quantitative estimate of drug-likeness (QED) is 0.320. The maximum absolute atomic E-state index is 14.3. The number of alkyl halides is 2. The second-order valence-corrected chi connectivity index (χ2v) is 8.53. The number of pyridine rings is 1. The van der Waals surface area contributed by atoms with E-state index in [1.165, 1.54) is 13.3 Å². The number of fused-ring (bicyclic) bond motifs is 1. The molecule has 0 aliphatic heterocycles. The van der Waals surface area contributed by atoms with Gasteiger partial charge in [0.1, 0.15) is 36.6 Å². The monoisotopic (exact) mass is 534 g/mol. The molecule has 0 unspecified atom stereocenters. The van der Waals surface area contributed by atoms with Crippen LogP contribution in [0.2, 0.25) is 5.02 Å². The molecular weight excluding hydrogens is 511 g/mol. The lowest BCUT2D eigenvalue weighted by Gasteiger charge is -2.20. The first-order chi connectivity index (χ1) is 18.0. The first-order valence-electron chi connectivity index (χ1n) is 11.5. The number of hydrogen-bond donors (Lipinski definition) is 1. The van der Waals surface area contributed by atoms with Gasteiger partial charge in [-0.15, -0.1) is 0 Å². The molecule has 0 aliphatic rings. The molecule has 1 amide bonds. The topological polar surface area (TPSA) is 91.2 Å². The fraction of sp³-hybridized carbons (Fsp3) is 0.280. The number of carbonyl (C=O) groups excluding carboxylic acids is 1. The third-order valence-corrected chi connectivity index (χ3v) is 5.82. The van der Waals surface area contributed by atoms with Crippen LogP contribution >= 0.6 is 11.6 Å².